The van der Waals surface area contributed by atoms with E-state index >= 15 is 0 Å². The number of anilines is 2. The smallest absolute Gasteiger partial charge is 0.358 e. The van der Waals surface area contributed by atoms with Gasteiger partial charge in [-0.1, -0.05) is 60.2 Å². The molecule has 1 amide bonds. The number of aromatic nitrogens is 1. The van der Waals surface area contributed by atoms with Crippen molar-refractivity contribution in [3.8, 4) is 11.5 Å². The van der Waals surface area contributed by atoms with Crippen molar-refractivity contribution in [2.45, 2.75) is 13.5 Å². The van der Waals surface area contributed by atoms with Crippen LogP contribution in [-0.4, -0.2) is 23.5 Å². The third kappa shape index (κ3) is 6.43. The van der Waals surface area contributed by atoms with Crippen molar-refractivity contribution in [2.75, 3.05) is 17.2 Å². The summed E-state index contributed by atoms with van der Waals surface area (Å²) < 4.78 is 11.0. The summed E-state index contributed by atoms with van der Waals surface area (Å²) in [5.74, 6) is -0.00656. The summed E-state index contributed by atoms with van der Waals surface area (Å²) in [7, 11) is 0. The topological polar surface area (TPSA) is 89.5 Å². The minimum atomic E-state index is -0.664. The quantitative estimate of drug-likeness (QED) is 0.305. The number of benzene rings is 3. The molecular weight excluding hydrogens is 450 g/mol. The van der Waals surface area contributed by atoms with Gasteiger partial charge in [0, 0.05) is 11.9 Å². The molecule has 0 aliphatic rings. The summed E-state index contributed by atoms with van der Waals surface area (Å²) >= 11 is 1.30. The lowest BCUT2D eigenvalue weighted by Gasteiger charge is -2.12. The van der Waals surface area contributed by atoms with Crippen LogP contribution in [0.5, 0.6) is 11.5 Å². The van der Waals surface area contributed by atoms with Crippen LogP contribution in [0.3, 0.4) is 0 Å². The normalized spacial score (nSPS) is 10.4. The molecule has 2 N–H and O–H groups in total. The Morgan fingerprint density at radius 2 is 1.68 bits per heavy atom. The van der Waals surface area contributed by atoms with Gasteiger partial charge in [0.2, 0.25) is 0 Å². The van der Waals surface area contributed by atoms with E-state index in [0.717, 1.165) is 11.1 Å². The highest BCUT2D eigenvalue weighted by molar-refractivity contribution is 7.13. The molecule has 0 aliphatic heterocycles. The van der Waals surface area contributed by atoms with Gasteiger partial charge in [0.1, 0.15) is 5.75 Å². The third-order valence-corrected chi connectivity index (χ3v) is 5.54. The van der Waals surface area contributed by atoms with E-state index in [0.29, 0.717) is 28.9 Å². The first-order chi connectivity index (χ1) is 16.6. The molecule has 1 aromatic heterocycles. The van der Waals surface area contributed by atoms with Crippen LogP contribution in [0.1, 0.15) is 21.6 Å². The summed E-state index contributed by atoms with van der Waals surface area (Å²) in [6, 6.07) is 24.5. The third-order valence-electron chi connectivity index (χ3n) is 4.74. The van der Waals surface area contributed by atoms with Crippen LogP contribution in [-0.2, 0) is 16.1 Å². The molecule has 0 unspecified atom stereocenters. The highest BCUT2D eigenvalue weighted by Gasteiger charge is 2.15. The lowest BCUT2D eigenvalue weighted by atomic mass is 10.2. The summed E-state index contributed by atoms with van der Waals surface area (Å²) in [5, 5.41) is 8.09. The maximum Gasteiger partial charge on any atom is 0.358 e. The van der Waals surface area contributed by atoms with E-state index in [2.05, 4.69) is 15.6 Å². The number of nitrogens with one attached hydrogen (secondary N) is 2. The van der Waals surface area contributed by atoms with Crippen LogP contribution >= 0.6 is 11.3 Å². The fourth-order valence-electron chi connectivity index (χ4n) is 3.01. The monoisotopic (exact) mass is 473 g/mol. The van der Waals surface area contributed by atoms with Crippen molar-refractivity contribution >= 4 is 34.0 Å². The Morgan fingerprint density at radius 3 is 2.47 bits per heavy atom. The second-order valence-electron chi connectivity index (χ2n) is 7.41. The number of carbonyl (C=O) groups excluding carboxylic acids is 2. The van der Waals surface area contributed by atoms with Crippen molar-refractivity contribution < 1.29 is 19.1 Å². The highest BCUT2D eigenvalue weighted by atomic mass is 32.1. The average Bonchev–Trinajstić information content (AvgIpc) is 3.34. The molecule has 4 aromatic rings. The highest BCUT2D eigenvalue weighted by Crippen LogP contribution is 2.29. The van der Waals surface area contributed by atoms with Gasteiger partial charge in [-0.15, -0.1) is 11.3 Å². The summed E-state index contributed by atoms with van der Waals surface area (Å²) in [5.41, 5.74) is 2.85. The molecule has 3 aromatic carbocycles. The molecular formula is C26H23N3O4S. The number of aryl methyl sites for hydroxylation is 1. The molecule has 0 bridgehead atoms. The standard InChI is InChI=1S/C26H23N3O4S/c1-18-11-13-20(14-12-18)33-23-10-6-5-9-21(23)28-24(30)16-32-25(31)22-17-34-26(29-22)27-15-19-7-3-2-4-8-19/h2-14,17H,15-16H2,1H3,(H,27,29)(H,28,30). The van der Waals surface area contributed by atoms with Gasteiger partial charge < -0.3 is 20.1 Å². The van der Waals surface area contributed by atoms with Gasteiger partial charge in [-0.3, -0.25) is 4.79 Å². The summed E-state index contributed by atoms with van der Waals surface area (Å²) in [6.07, 6.45) is 0. The number of thiazole rings is 1. The Bertz CT molecular complexity index is 1260. The van der Waals surface area contributed by atoms with Gasteiger partial charge in [-0.05, 0) is 36.8 Å². The molecule has 34 heavy (non-hydrogen) atoms. The van der Waals surface area contributed by atoms with Crippen molar-refractivity contribution in [3.05, 3.63) is 101 Å². The largest absolute Gasteiger partial charge is 0.455 e. The molecule has 7 nitrogen and oxygen atoms in total. The molecule has 1 heterocycles. The number of hydrogen-bond acceptors (Lipinski definition) is 7. The van der Waals surface area contributed by atoms with Gasteiger partial charge in [-0.25, -0.2) is 9.78 Å². The summed E-state index contributed by atoms with van der Waals surface area (Å²) in [4.78, 5) is 28.9. The zero-order chi connectivity index (χ0) is 23.8. The van der Waals surface area contributed by atoms with Crippen molar-refractivity contribution in [2.24, 2.45) is 0 Å². The van der Waals surface area contributed by atoms with E-state index in [1.807, 2.05) is 67.6 Å². The van der Waals surface area contributed by atoms with E-state index in [4.69, 9.17) is 9.47 Å². The number of hydrogen-bond donors (Lipinski definition) is 2. The Morgan fingerprint density at radius 1 is 0.941 bits per heavy atom. The minimum Gasteiger partial charge on any atom is -0.455 e. The molecule has 8 heteroatoms. The molecule has 0 aliphatic carbocycles. The number of nitrogens with zero attached hydrogens (tertiary/aromatic N) is 1. The average molecular weight is 474 g/mol. The van der Waals surface area contributed by atoms with Gasteiger partial charge in [0.05, 0.1) is 5.69 Å². The molecule has 0 saturated carbocycles. The summed E-state index contributed by atoms with van der Waals surface area (Å²) in [6.45, 7) is 2.14. The Kier molecular flexibility index (Phi) is 7.52. The lowest BCUT2D eigenvalue weighted by molar-refractivity contribution is -0.119. The molecule has 0 spiro atoms. The molecule has 4 rings (SSSR count). The number of rotatable bonds is 9. The molecule has 172 valence electrons. The van der Waals surface area contributed by atoms with Gasteiger partial charge in [-0.2, -0.15) is 0 Å². The molecule has 0 radical (unpaired) electrons. The van der Waals surface area contributed by atoms with E-state index in [-0.39, 0.29) is 5.69 Å². The fraction of sp³-hybridized carbons (Fsp3) is 0.115. The number of esters is 1. The van der Waals surface area contributed by atoms with Crippen LogP contribution in [0.15, 0.2) is 84.2 Å². The number of carbonyl (C=O) groups is 2. The first kappa shape index (κ1) is 23.0. The zero-order valence-corrected chi connectivity index (χ0v) is 19.3. The first-order valence-corrected chi connectivity index (χ1v) is 11.5. The first-order valence-electron chi connectivity index (χ1n) is 10.6. The maximum atomic E-state index is 12.4. The van der Waals surface area contributed by atoms with E-state index in [1.54, 1.807) is 23.6 Å². The van der Waals surface area contributed by atoms with Crippen LogP contribution in [0.2, 0.25) is 0 Å². The van der Waals surface area contributed by atoms with Gasteiger partial charge in [0.25, 0.3) is 5.91 Å². The Labute approximate surface area is 201 Å². The predicted octanol–water partition coefficient (Wildman–Crippen LogP) is 5.65. The van der Waals surface area contributed by atoms with Crippen molar-refractivity contribution in [3.63, 3.8) is 0 Å². The second-order valence-corrected chi connectivity index (χ2v) is 8.27. The van der Waals surface area contributed by atoms with Crippen LogP contribution in [0.25, 0.3) is 0 Å². The van der Waals surface area contributed by atoms with Crippen LogP contribution < -0.4 is 15.4 Å². The van der Waals surface area contributed by atoms with Gasteiger partial charge in [0.15, 0.2) is 23.2 Å². The van der Waals surface area contributed by atoms with Gasteiger partial charge >= 0.3 is 5.97 Å². The predicted molar refractivity (Wildman–Crippen MR) is 132 cm³/mol. The number of amides is 1. The van der Waals surface area contributed by atoms with E-state index < -0.39 is 18.5 Å². The Balaban J connectivity index is 1.28. The van der Waals surface area contributed by atoms with E-state index in [1.165, 1.54) is 11.3 Å². The van der Waals surface area contributed by atoms with E-state index in [9.17, 15) is 9.59 Å². The second kappa shape index (κ2) is 11.1. The maximum absolute atomic E-state index is 12.4. The Hall–Kier alpha value is -4.17. The zero-order valence-electron chi connectivity index (χ0n) is 18.5. The van der Waals surface area contributed by atoms with Crippen LogP contribution in [0, 0.1) is 6.92 Å². The molecule has 0 fully saturated rings. The molecule has 0 saturated heterocycles. The molecule has 0 atom stereocenters. The van der Waals surface area contributed by atoms with Crippen molar-refractivity contribution in [1.82, 2.24) is 4.98 Å². The number of para-hydroxylation sites is 2. The SMILES string of the molecule is Cc1ccc(Oc2ccccc2NC(=O)COC(=O)c2csc(NCc3ccccc3)n2)cc1. The lowest BCUT2D eigenvalue weighted by Crippen LogP contribution is -2.21. The minimum absolute atomic E-state index is 0.150. The van der Waals surface area contributed by atoms with Crippen LogP contribution in [0.4, 0.5) is 10.8 Å². The fourth-order valence-corrected chi connectivity index (χ4v) is 3.68. The van der Waals surface area contributed by atoms with Crippen molar-refractivity contribution in [1.29, 1.82) is 0 Å². The number of ether oxygens (including phenoxy) is 2.